The predicted octanol–water partition coefficient (Wildman–Crippen LogP) is 3.20. The van der Waals surface area contributed by atoms with Crippen molar-refractivity contribution in [3.05, 3.63) is 53.3 Å². The van der Waals surface area contributed by atoms with Gasteiger partial charge in [-0.25, -0.2) is 0 Å². The first-order valence-electron chi connectivity index (χ1n) is 8.56. The van der Waals surface area contributed by atoms with Crippen LogP contribution in [0.25, 0.3) is 0 Å². The number of aryl methyl sites for hydroxylation is 2. The zero-order valence-corrected chi connectivity index (χ0v) is 14.8. The molecule has 0 saturated carbocycles. The third-order valence-electron chi connectivity index (χ3n) is 4.65. The summed E-state index contributed by atoms with van der Waals surface area (Å²) in [6.07, 6.45) is -0.106. The number of nitrogens with zero attached hydrogens (tertiary/aromatic N) is 3. The highest BCUT2D eigenvalue weighted by molar-refractivity contribution is 5.93. The second-order valence-corrected chi connectivity index (χ2v) is 6.45. The van der Waals surface area contributed by atoms with E-state index in [1.807, 2.05) is 49.9 Å². The minimum Gasteiger partial charge on any atom is -0.369 e. The minimum atomic E-state index is -0.106. The van der Waals surface area contributed by atoms with Crippen LogP contribution in [0.4, 0.5) is 0 Å². The van der Waals surface area contributed by atoms with E-state index in [4.69, 9.17) is 4.74 Å². The van der Waals surface area contributed by atoms with Crippen LogP contribution >= 0.6 is 0 Å². The molecule has 3 atom stereocenters. The van der Waals surface area contributed by atoms with Crippen molar-refractivity contribution in [1.29, 1.82) is 0 Å². The summed E-state index contributed by atoms with van der Waals surface area (Å²) in [5.41, 5.74) is 2.63. The molecule has 2 aromatic rings. The lowest BCUT2D eigenvalue weighted by atomic mass is 9.98. The quantitative estimate of drug-likeness (QED) is 0.870. The maximum atomic E-state index is 13.2. The van der Waals surface area contributed by atoms with E-state index in [1.165, 1.54) is 0 Å². The lowest BCUT2D eigenvalue weighted by Crippen LogP contribution is -2.54. The molecule has 2 heterocycles. The molecule has 128 valence electrons. The van der Waals surface area contributed by atoms with Crippen LogP contribution in [0.15, 0.2) is 36.4 Å². The Morgan fingerprint density at radius 1 is 1.29 bits per heavy atom. The molecule has 3 rings (SSSR count). The van der Waals surface area contributed by atoms with Crippen LogP contribution in [-0.4, -0.2) is 39.3 Å². The molecule has 0 bridgehead atoms. The molecule has 0 radical (unpaired) electrons. The molecule has 1 saturated heterocycles. The fourth-order valence-electron chi connectivity index (χ4n) is 3.50. The fraction of sp³-hybridized carbons (Fsp3) is 0.474. The summed E-state index contributed by atoms with van der Waals surface area (Å²) in [6.45, 7) is 9.24. The van der Waals surface area contributed by atoms with Gasteiger partial charge in [-0.1, -0.05) is 30.3 Å². The van der Waals surface area contributed by atoms with E-state index in [0.29, 0.717) is 18.8 Å². The van der Waals surface area contributed by atoms with Crippen molar-refractivity contribution in [2.75, 3.05) is 6.61 Å². The average molecular weight is 327 g/mol. The summed E-state index contributed by atoms with van der Waals surface area (Å²) in [4.78, 5) is 15.1. The summed E-state index contributed by atoms with van der Waals surface area (Å²) in [5.74, 6) is 0.0293. The molecule has 1 aliphatic rings. The number of benzene rings is 1. The Morgan fingerprint density at radius 2 is 2.00 bits per heavy atom. The molecule has 0 unspecified atom stereocenters. The van der Waals surface area contributed by atoms with Gasteiger partial charge in [-0.15, -0.1) is 0 Å². The van der Waals surface area contributed by atoms with Gasteiger partial charge in [0.05, 0.1) is 24.4 Å². The Bertz CT molecular complexity index is 711. The molecule has 1 aromatic carbocycles. The summed E-state index contributed by atoms with van der Waals surface area (Å²) < 4.78 is 7.83. The number of ether oxygens (including phenoxy) is 1. The first kappa shape index (κ1) is 16.7. The van der Waals surface area contributed by atoms with Crippen LogP contribution in [0.5, 0.6) is 0 Å². The molecule has 24 heavy (non-hydrogen) atoms. The molecule has 0 aliphatic carbocycles. The second kappa shape index (κ2) is 6.77. The molecule has 5 nitrogen and oxygen atoms in total. The van der Waals surface area contributed by atoms with Gasteiger partial charge < -0.3 is 9.64 Å². The molecular weight excluding hydrogens is 302 g/mol. The van der Waals surface area contributed by atoms with E-state index < -0.39 is 0 Å². The van der Waals surface area contributed by atoms with Crippen LogP contribution in [0.2, 0.25) is 0 Å². The van der Waals surface area contributed by atoms with Crippen LogP contribution in [0.3, 0.4) is 0 Å². The number of hydrogen-bond donors (Lipinski definition) is 0. The van der Waals surface area contributed by atoms with Crippen molar-refractivity contribution in [2.45, 2.75) is 52.4 Å². The van der Waals surface area contributed by atoms with Gasteiger partial charge in [0.25, 0.3) is 5.91 Å². The summed E-state index contributed by atoms with van der Waals surface area (Å²) in [7, 11) is 0. The lowest BCUT2D eigenvalue weighted by molar-refractivity contribution is -0.0809. The number of aromatic nitrogens is 2. The van der Waals surface area contributed by atoms with Crippen molar-refractivity contribution >= 4 is 5.91 Å². The van der Waals surface area contributed by atoms with Crippen LogP contribution in [-0.2, 0) is 11.3 Å². The molecule has 1 fully saturated rings. The summed E-state index contributed by atoms with van der Waals surface area (Å²) in [5, 5.41) is 4.41. The van der Waals surface area contributed by atoms with Gasteiger partial charge in [0, 0.05) is 6.54 Å². The molecule has 5 heteroatoms. The zero-order valence-electron chi connectivity index (χ0n) is 14.8. The van der Waals surface area contributed by atoms with Crippen molar-refractivity contribution in [2.24, 2.45) is 0 Å². The average Bonchev–Trinajstić information content (AvgIpc) is 2.96. The number of hydrogen-bond acceptors (Lipinski definition) is 3. The standard InChI is InChI=1S/C19H25N3O2/c1-5-21-17(11-13(2)20-21)19(23)22-14(3)12-24-18(15(22)4)16-9-7-6-8-10-16/h6-11,14-15,18H,5,12H2,1-4H3/t14-,15-,18-/m1/s1. The van der Waals surface area contributed by atoms with Gasteiger partial charge in [0.2, 0.25) is 0 Å². The van der Waals surface area contributed by atoms with Crippen molar-refractivity contribution in [1.82, 2.24) is 14.7 Å². The second-order valence-electron chi connectivity index (χ2n) is 6.45. The van der Waals surface area contributed by atoms with Crippen LogP contribution in [0.1, 0.15) is 48.6 Å². The molecule has 1 aliphatic heterocycles. The normalized spacial score (nSPS) is 24.2. The third kappa shape index (κ3) is 2.96. The lowest BCUT2D eigenvalue weighted by Gasteiger charge is -2.43. The highest BCUT2D eigenvalue weighted by Gasteiger charge is 2.38. The fourth-order valence-corrected chi connectivity index (χ4v) is 3.50. The Morgan fingerprint density at radius 3 is 2.67 bits per heavy atom. The van der Waals surface area contributed by atoms with Crippen LogP contribution in [0, 0.1) is 6.92 Å². The monoisotopic (exact) mass is 327 g/mol. The third-order valence-corrected chi connectivity index (χ3v) is 4.65. The van der Waals surface area contributed by atoms with Crippen molar-refractivity contribution < 1.29 is 9.53 Å². The number of morpholine rings is 1. The highest BCUT2D eigenvalue weighted by atomic mass is 16.5. The molecule has 0 N–H and O–H groups in total. The largest absolute Gasteiger partial charge is 0.369 e. The number of carbonyl (C=O) groups is 1. The Kier molecular flexibility index (Phi) is 4.71. The van der Waals surface area contributed by atoms with Gasteiger partial charge in [-0.05, 0) is 39.3 Å². The first-order valence-corrected chi connectivity index (χ1v) is 8.56. The van der Waals surface area contributed by atoms with Gasteiger partial charge in [-0.2, -0.15) is 5.10 Å². The van der Waals surface area contributed by atoms with E-state index in [0.717, 1.165) is 11.3 Å². The van der Waals surface area contributed by atoms with E-state index in [9.17, 15) is 4.79 Å². The SMILES string of the molecule is CCn1nc(C)cc1C(=O)N1[C@H](C)CO[C@@H](c2ccccc2)[C@H]1C. The predicted molar refractivity (Wildman–Crippen MR) is 92.9 cm³/mol. The molecule has 1 aromatic heterocycles. The smallest absolute Gasteiger partial charge is 0.272 e. The minimum absolute atomic E-state index is 0.0293. The Balaban J connectivity index is 1.91. The van der Waals surface area contributed by atoms with Crippen molar-refractivity contribution in [3.63, 3.8) is 0 Å². The number of rotatable bonds is 3. The number of carbonyl (C=O) groups excluding carboxylic acids is 1. The van der Waals surface area contributed by atoms with Gasteiger partial charge in [0.15, 0.2) is 0 Å². The first-order chi connectivity index (χ1) is 11.5. The van der Waals surface area contributed by atoms with E-state index in [2.05, 4.69) is 24.2 Å². The molecule has 0 spiro atoms. The Labute approximate surface area is 143 Å². The Hall–Kier alpha value is -2.14. The molecule has 1 amide bonds. The van der Waals surface area contributed by atoms with Gasteiger partial charge >= 0.3 is 0 Å². The van der Waals surface area contributed by atoms with E-state index in [1.54, 1.807) is 4.68 Å². The van der Waals surface area contributed by atoms with E-state index >= 15 is 0 Å². The summed E-state index contributed by atoms with van der Waals surface area (Å²) in [6, 6.07) is 12.0. The molecular formula is C19H25N3O2. The van der Waals surface area contributed by atoms with Gasteiger partial charge in [-0.3, -0.25) is 9.48 Å². The maximum absolute atomic E-state index is 13.2. The van der Waals surface area contributed by atoms with Crippen molar-refractivity contribution in [3.8, 4) is 0 Å². The topological polar surface area (TPSA) is 47.4 Å². The van der Waals surface area contributed by atoms with E-state index in [-0.39, 0.29) is 24.1 Å². The van der Waals surface area contributed by atoms with Crippen LogP contribution < -0.4 is 0 Å². The highest BCUT2D eigenvalue weighted by Crippen LogP contribution is 2.32. The zero-order chi connectivity index (χ0) is 17.3. The number of amides is 1. The summed E-state index contributed by atoms with van der Waals surface area (Å²) >= 11 is 0. The maximum Gasteiger partial charge on any atom is 0.272 e. The van der Waals surface area contributed by atoms with Gasteiger partial charge in [0.1, 0.15) is 11.8 Å².